The maximum absolute atomic E-state index is 4.65. The smallest absolute Gasteiger partial charge is 0.191 e. The van der Waals surface area contributed by atoms with Gasteiger partial charge in [-0.1, -0.05) is 18.7 Å². The summed E-state index contributed by atoms with van der Waals surface area (Å²) in [7, 11) is 0. The van der Waals surface area contributed by atoms with Gasteiger partial charge in [-0.3, -0.25) is 4.57 Å². The van der Waals surface area contributed by atoms with Gasteiger partial charge in [0.05, 0.1) is 5.69 Å². The van der Waals surface area contributed by atoms with Crippen LogP contribution in [0.3, 0.4) is 0 Å². The van der Waals surface area contributed by atoms with Crippen molar-refractivity contribution in [3.63, 3.8) is 0 Å². The van der Waals surface area contributed by atoms with Crippen molar-refractivity contribution in [1.29, 1.82) is 0 Å². The fourth-order valence-corrected chi connectivity index (χ4v) is 3.01. The van der Waals surface area contributed by atoms with Crippen LogP contribution in [-0.4, -0.2) is 32.3 Å². The fraction of sp³-hybridized carbons (Fsp3) is 0.533. The number of nitrogens with one attached hydrogen (secondary N) is 1. The quantitative estimate of drug-likeness (QED) is 0.679. The Morgan fingerprint density at radius 3 is 2.95 bits per heavy atom. The first-order valence-corrected chi connectivity index (χ1v) is 8.76. The lowest BCUT2D eigenvalue weighted by molar-refractivity contribution is 0.653. The van der Waals surface area contributed by atoms with Gasteiger partial charge in [-0.25, -0.2) is 15.0 Å². The third-order valence-electron chi connectivity index (χ3n) is 3.71. The zero-order chi connectivity index (χ0) is 14.7. The molecule has 1 aliphatic rings. The third-order valence-corrected chi connectivity index (χ3v) is 4.26. The molecule has 0 saturated carbocycles. The Bertz CT molecular complexity index is 623. The molecule has 0 saturated heterocycles. The standard InChI is InChI=1S/C15H21N5S/c1-3-8-16-13-9-14(19-15(18-13)21-2)20-10-17-11-6-4-5-7-12(11)20/h9-10H,3-8H2,1-2H3,(H,16,18,19). The van der Waals surface area contributed by atoms with Crippen LogP contribution >= 0.6 is 11.8 Å². The number of hydrogen-bond donors (Lipinski definition) is 1. The molecule has 0 spiro atoms. The molecule has 112 valence electrons. The summed E-state index contributed by atoms with van der Waals surface area (Å²) in [4.78, 5) is 13.7. The first-order chi connectivity index (χ1) is 10.3. The average molecular weight is 303 g/mol. The molecule has 2 aromatic rings. The number of hydrogen-bond acceptors (Lipinski definition) is 5. The molecular formula is C15H21N5S. The number of imidazole rings is 1. The van der Waals surface area contributed by atoms with Gasteiger partial charge in [0.15, 0.2) is 5.16 Å². The van der Waals surface area contributed by atoms with Crippen LogP contribution in [0.2, 0.25) is 0 Å². The van der Waals surface area contributed by atoms with E-state index in [0.717, 1.165) is 42.6 Å². The molecule has 1 aliphatic carbocycles. The molecule has 0 fully saturated rings. The summed E-state index contributed by atoms with van der Waals surface area (Å²) < 4.78 is 2.13. The summed E-state index contributed by atoms with van der Waals surface area (Å²) in [5.41, 5.74) is 2.54. The Morgan fingerprint density at radius 2 is 2.14 bits per heavy atom. The molecule has 0 atom stereocenters. The minimum absolute atomic E-state index is 0.796. The van der Waals surface area contributed by atoms with Gasteiger partial charge in [-0.15, -0.1) is 0 Å². The van der Waals surface area contributed by atoms with E-state index in [0.29, 0.717) is 0 Å². The zero-order valence-electron chi connectivity index (χ0n) is 12.6. The van der Waals surface area contributed by atoms with E-state index in [4.69, 9.17) is 0 Å². The second-order valence-electron chi connectivity index (χ2n) is 5.24. The molecule has 21 heavy (non-hydrogen) atoms. The SMILES string of the molecule is CCCNc1cc(-n2cnc3c2CCCC3)nc(SC)n1. The van der Waals surface area contributed by atoms with Crippen LogP contribution < -0.4 is 5.32 Å². The Balaban J connectivity index is 1.98. The number of fused-ring (bicyclic) bond motifs is 1. The van der Waals surface area contributed by atoms with Gasteiger partial charge in [0.1, 0.15) is 18.0 Å². The molecular weight excluding hydrogens is 282 g/mol. The van der Waals surface area contributed by atoms with E-state index in [1.807, 2.05) is 18.6 Å². The summed E-state index contributed by atoms with van der Waals surface area (Å²) in [6, 6.07) is 2.02. The number of aryl methyl sites for hydroxylation is 1. The number of anilines is 1. The highest BCUT2D eigenvalue weighted by Gasteiger charge is 2.17. The monoisotopic (exact) mass is 303 g/mol. The van der Waals surface area contributed by atoms with Crippen LogP contribution in [0.4, 0.5) is 5.82 Å². The maximum Gasteiger partial charge on any atom is 0.191 e. The Morgan fingerprint density at radius 1 is 1.29 bits per heavy atom. The van der Waals surface area contributed by atoms with E-state index in [-0.39, 0.29) is 0 Å². The Kier molecular flexibility index (Phi) is 4.43. The summed E-state index contributed by atoms with van der Waals surface area (Å²) in [5.74, 6) is 1.81. The van der Waals surface area contributed by atoms with Crippen LogP contribution in [0.15, 0.2) is 17.6 Å². The third kappa shape index (κ3) is 3.05. The van der Waals surface area contributed by atoms with Gasteiger partial charge in [0, 0.05) is 18.3 Å². The molecule has 1 N–H and O–H groups in total. The van der Waals surface area contributed by atoms with Crippen molar-refractivity contribution in [2.45, 2.75) is 44.2 Å². The molecule has 0 aromatic carbocycles. The molecule has 2 heterocycles. The van der Waals surface area contributed by atoms with Crippen LogP contribution in [-0.2, 0) is 12.8 Å². The second-order valence-corrected chi connectivity index (χ2v) is 6.01. The summed E-state index contributed by atoms with van der Waals surface area (Å²) in [5, 5.41) is 4.15. The van der Waals surface area contributed by atoms with Crippen LogP contribution in [0.25, 0.3) is 5.82 Å². The minimum Gasteiger partial charge on any atom is -0.370 e. The van der Waals surface area contributed by atoms with Gasteiger partial charge in [-0.05, 0) is 38.4 Å². The van der Waals surface area contributed by atoms with E-state index < -0.39 is 0 Å². The molecule has 0 aliphatic heterocycles. The largest absolute Gasteiger partial charge is 0.370 e. The molecule has 5 nitrogen and oxygen atoms in total. The van der Waals surface area contributed by atoms with Crippen molar-refractivity contribution < 1.29 is 0 Å². The first-order valence-electron chi connectivity index (χ1n) is 7.54. The molecule has 3 rings (SSSR count). The average Bonchev–Trinajstić information content (AvgIpc) is 2.96. The fourth-order valence-electron chi connectivity index (χ4n) is 2.64. The second kappa shape index (κ2) is 6.47. The lowest BCUT2D eigenvalue weighted by atomic mass is 10.0. The van der Waals surface area contributed by atoms with Crippen molar-refractivity contribution in [2.75, 3.05) is 18.1 Å². The molecule has 0 unspecified atom stereocenters. The van der Waals surface area contributed by atoms with Gasteiger partial charge in [0.25, 0.3) is 0 Å². The highest BCUT2D eigenvalue weighted by Crippen LogP contribution is 2.24. The number of aromatic nitrogens is 4. The van der Waals surface area contributed by atoms with Crippen molar-refractivity contribution in [2.24, 2.45) is 0 Å². The van der Waals surface area contributed by atoms with Crippen LogP contribution in [0.5, 0.6) is 0 Å². The summed E-state index contributed by atoms with van der Waals surface area (Å²) >= 11 is 1.57. The molecule has 0 radical (unpaired) electrons. The lowest BCUT2D eigenvalue weighted by Gasteiger charge is -2.14. The summed E-state index contributed by atoms with van der Waals surface area (Å²) in [6.45, 7) is 3.07. The predicted molar refractivity (Wildman–Crippen MR) is 86.4 cm³/mol. The highest BCUT2D eigenvalue weighted by molar-refractivity contribution is 7.98. The highest BCUT2D eigenvalue weighted by atomic mass is 32.2. The van der Waals surface area contributed by atoms with Gasteiger partial charge < -0.3 is 5.32 Å². The maximum atomic E-state index is 4.65. The zero-order valence-corrected chi connectivity index (χ0v) is 13.4. The van der Waals surface area contributed by atoms with E-state index in [2.05, 4.69) is 31.8 Å². The minimum atomic E-state index is 0.796. The van der Waals surface area contributed by atoms with Crippen molar-refractivity contribution in [3.05, 3.63) is 23.8 Å². The van der Waals surface area contributed by atoms with Crippen molar-refractivity contribution in [3.8, 4) is 5.82 Å². The topological polar surface area (TPSA) is 55.6 Å². The van der Waals surface area contributed by atoms with E-state index in [1.165, 1.54) is 24.2 Å². The molecule has 0 amide bonds. The number of rotatable bonds is 5. The molecule has 0 bridgehead atoms. The van der Waals surface area contributed by atoms with E-state index >= 15 is 0 Å². The molecule has 6 heteroatoms. The van der Waals surface area contributed by atoms with Crippen LogP contribution in [0.1, 0.15) is 37.6 Å². The van der Waals surface area contributed by atoms with Crippen molar-refractivity contribution >= 4 is 17.6 Å². The Hall–Kier alpha value is -1.56. The van der Waals surface area contributed by atoms with E-state index in [1.54, 1.807) is 11.8 Å². The first kappa shape index (κ1) is 14.4. The van der Waals surface area contributed by atoms with Crippen LogP contribution in [0, 0.1) is 0 Å². The molecule has 2 aromatic heterocycles. The van der Waals surface area contributed by atoms with Gasteiger partial charge in [-0.2, -0.15) is 0 Å². The Labute approximate surface area is 129 Å². The van der Waals surface area contributed by atoms with Gasteiger partial charge >= 0.3 is 0 Å². The van der Waals surface area contributed by atoms with E-state index in [9.17, 15) is 0 Å². The predicted octanol–water partition coefficient (Wildman–Crippen LogP) is 3.08. The number of nitrogens with zero attached hydrogens (tertiary/aromatic N) is 4. The summed E-state index contributed by atoms with van der Waals surface area (Å²) in [6.07, 6.45) is 9.65. The van der Waals surface area contributed by atoms with Gasteiger partial charge in [0.2, 0.25) is 0 Å². The normalized spacial score (nSPS) is 14.0. The van der Waals surface area contributed by atoms with Crippen molar-refractivity contribution in [1.82, 2.24) is 19.5 Å². The number of thioether (sulfide) groups is 1. The lowest BCUT2D eigenvalue weighted by Crippen LogP contribution is -2.10.